The molecule has 0 radical (unpaired) electrons. The Bertz CT molecular complexity index is 624. The number of nitrogens with zero attached hydrogens (tertiary/aromatic N) is 1. The standard InChI is InChI=1S/C13H12BrNO3S/c1-7-11(13(16)18-3)19-12(15-7)9-6-8(17-2)4-5-10(9)14/h4-6H,1-3H3. The number of ether oxygens (including phenoxy) is 2. The van der Waals surface area contributed by atoms with Gasteiger partial charge in [-0.05, 0) is 25.1 Å². The molecule has 0 fully saturated rings. The van der Waals surface area contributed by atoms with Crippen LogP contribution in [0.1, 0.15) is 15.4 Å². The minimum absolute atomic E-state index is 0.361. The third-order valence-electron chi connectivity index (χ3n) is 2.57. The molecule has 0 unspecified atom stereocenters. The predicted octanol–water partition coefficient (Wildman–Crippen LogP) is 3.68. The van der Waals surface area contributed by atoms with Crippen molar-refractivity contribution in [3.8, 4) is 16.3 Å². The summed E-state index contributed by atoms with van der Waals surface area (Å²) in [6.07, 6.45) is 0. The quantitative estimate of drug-likeness (QED) is 0.799. The van der Waals surface area contributed by atoms with Crippen LogP contribution in [0.4, 0.5) is 0 Å². The zero-order valence-corrected chi connectivity index (χ0v) is 13.1. The second-order valence-electron chi connectivity index (χ2n) is 3.77. The van der Waals surface area contributed by atoms with E-state index in [-0.39, 0.29) is 5.97 Å². The third-order valence-corrected chi connectivity index (χ3v) is 4.43. The maximum Gasteiger partial charge on any atom is 0.349 e. The van der Waals surface area contributed by atoms with Gasteiger partial charge >= 0.3 is 5.97 Å². The van der Waals surface area contributed by atoms with Crippen LogP contribution in [0.2, 0.25) is 0 Å². The summed E-state index contributed by atoms with van der Waals surface area (Å²) >= 11 is 4.79. The summed E-state index contributed by atoms with van der Waals surface area (Å²) in [6, 6.07) is 5.63. The fourth-order valence-corrected chi connectivity index (χ4v) is 3.17. The molecule has 0 N–H and O–H groups in total. The van der Waals surface area contributed by atoms with E-state index < -0.39 is 0 Å². The summed E-state index contributed by atoms with van der Waals surface area (Å²) in [5.74, 6) is 0.380. The number of carbonyl (C=O) groups is 1. The van der Waals surface area contributed by atoms with E-state index >= 15 is 0 Å². The van der Waals surface area contributed by atoms with Crippen LogP contribution in [0.3, 0.4) is 0 Å². The van der Waals surface area contributed by atoms with Crippen molar-refractivity contribution in [2.45, 2.75) is 6.92 Å². The second-order valence-corrected chi connectivity index (χ2v) is 5.62. The van der Waals surface area contributed by atoms with E-state index in [1.807, 2.05) is 18.2 Å². The Morgan fingerprint density at radius 2 is 2.11 bits per heavy atom. The van der Waals surface area contributed by atoms with Gasteiger partial charge in [-0.1, -0.05) is 15.9 Å². The van der Waals surface area contributed by atoms with E-state index in [4.69, 9.17) is 9.47 Å². The number of esters is 1. The van der Waals surface area contributed by atoms with Crippen LogP contribution in [-0.4, -0.2) is 25.2 Å². The lowest BCUT2D eigenvalue weighted by atomic mass is 10.2. The van der Waals surface area contributed by atoms with Gasteiger partial charge in [0.2, 0.25) is 0 Å². The molecule has 2 rings (SSSR count). The van der Waals surface area contributed by atoms with Crippen molar-refractivity contribution in [2.24, 2.45) is 0 Å². The Labute approximate surface area is 123 Å². The maximum atomic E-state index is 11.6. The van der Waals surface area contributed by atoms with E-state index in [0.29, 0.717) is 10.6 Å². The number of thiazole rings is 1. The van der Waals surface area contributed by atoms with Gasteiger partial charge in [-0.15, -0.1) is 11.3 Å². The SMILES string of the molecule is COC(=O)c1sc(-c2cc(OC)ccc2Br)nc1C. The van der Waals surface area contributed by atoms with Crippen LogP contribution in [0.25, 0.3) is 10.6 Å². The predicted molar refractivity (Wildman–Crippen MR) is 77.9 cm³/mol. The number of hydrogen-bond donors (Lipinski definition) is 0. The van der Waals surface area contributed by atoms with E-state index in [0.717, 1.165) is 20.8 Å². The van der Waals surface area contributed by atoms with Gasteiger partial charge in [0.05, 0.1) is 19.9 Å². The molecule has 100 valence electrons. The number of aryl methyl sites for hydroxylation is 1. The molecule has 0 atom stereocenters. The minimum atomic E-state index is -0.361. The number of carbonyl (C=O) groups excluding carboxylic acids is 1. The second kappa shape index (κ2) is 5.71. The van der Waals surface area contributed by atoms with Gasteiger partial charge in [-0.2, -0.15) is 0 Å². The highest BCUT2D eigenvalue weighted by molar-refractivity contribution is 9.10. The third kappa shape index (κ3) is 2.79. The Hall–Kier alpha value is -1.40. The molecule has 0 aliphatic heterocycles. The van der Waals surface area contributed by atoms with Crippen LogP contribution in [0.15, 0.2) is 22.7 Å². The van der Waals surface area contributed by atoms with Crippen LogP contribution < -0.4 is 4.74 Å². The normalized spacial score (nSPS) is 10.3. The Balaban J connectivity index is 2.50. The highest BCUT2D eigenvalue weighted by Gasteiger charge is 2.18. The molecular formula is C13H12BrNO3S. The lowest BCUT2D eigenvalue weighted by molar-refractivity contribution is 0.0605. The van der Waals surface area contributed by atoms with Gasteiger partial charge in [0.15, 0.2) is 0 Å². The lowest BCUT2D eigenvalue weighted by Gasteiger charge is -2.04. The van der Waals surface area contributed by atoms with E-state index in [9.17, 15) is 4.79 Å². The largest absolute Gasteiger partial charge is 0.497 e. The van der Waals surface area contributed by atoms with Crippen molar-refractivity contribution in [3.63, 3.8) is 0 Å². The summed E-state index contributed by atoms with van der Waals surface area (Å²) in [4.78, 5) is 16.5. The van der Waals surface area contributed by atoms with Crippen LogP contribution in [0, 0.1) is 6.92 Å². The van der Waals surface area contributed by atoms with Gasteiger partial charge in [0.1, 0.15) is 15.6 Å². The minimum Gasteiger partial charge on any atom is -0.497 e. The number of hydrogen-bond acceptors (Lipinski definition) is 5. The Kier molecular flexibility index (Phi) is 4.21. The van der Waals surface area contributed by atoms with Crippen LogP contribution >= 0.6 is 27.3 Å². The molecular weight excluding hydrogens is 330 g/mol. The van der Waals surface area contributed by atoms with E-state index in [2.05, 4.69) is 20.9 Å². The first-order chi connectivity index (χ1) is 9.06. The van der Waals surface area contributed by atoms with Gasteiger partial charge < -0.3 is 9.47 Å². The molecule has 2 aromatic rings. The fraction of sp³-hybridized carbons (Fsp3) is 0.231. The lowest BCUT2D eigenvalue weighted by Crippen LogP contribution is -1.99. The molecule has 0 aliphatic rings. The first kappa shape index (κ1) is 14.0. The first-order valence-electron chi connectivity index (χ1n) is 5.46. The molecule has 0 aliphatic carbocycles. The number of aromatic nitrogens is 1. The molecule has 1 aromatic carbocycles. The molecule has 6 heteroatoms. The van der Waals surface area contributed by atoms with Crippen LogP contribution in [0.5, 0.6) is 5.75 Å². The smallest absolute Gasteiger partial charge is 0.349 e. The molecule has 4 nitrogen and oxygen atoms in total. The van der Waals surface area contributed by atoms with Crippen molar-refractivity contribution in [1.29, 1.82) is 0 Å². The van der Waals surface area contributed by atoms with Gasteiger partial charge in [0.25, 0.3) is 0 Å². The Morgan fingerprint density at radius 1 is 1.37 bits per heavy atom. The number of halogens is 1. The van der Waals surface area contributed by atoms with Crippen molar-refractivity contribution in [2.75, 3.05) is 14.2 Å². The summed E-state index contributed by atoms with van der Waals surface area (Å²) < 4.78 is 10.8. The highest BCUT2D eigenvalue weighted by atomic mass is 79.9. The summed E-state index contributed by atoms with van der Waals surface area (Å²) in [7, 11) is 2.97. The zero-order chi connectivity index (χ0) is 14.0. The zero-order valence-electron chi connectivity index (χ0n) is 10.7. The maximum absolute atomic E-state index is 11.6. The average molecular weight is 342 g/mol. The van der Waals surface area contributed by atoms with Gasteiger partial charge in [-0.25, -0.2) is 9.78 Å². The number of benzene rings is 1. The molecule has 1 heterocycles. The van der Waals surface area contributed by atoms with Crippen molar-refractivity contribution < 1.29 is 14.3 Å². The molecule has 0 spiro atoms. The molecule has 0 saturated heterocycles. The molecule has 0 saturated carbocycles. The number of methoxy groups -OCH3 is 2. The molecule has 0 bridgehead atoms. The van der Waals surface area contributed by atoms with E-state index in [1.54, 1.807) is 14.0 Å². The monoisotopic (exact) mass is 341 g/mol. The summed E-state index contributed by atoms with van der Waals surface area (Å²) in [5.41, 5.74) is 1.56. The molecule has 19 heavy (non-hydrogen) atoms. The summed E-state index contributed by atoms with van der Waals surface area (Å²) in [6.45, 7) is 1.79. The fourth-order valence-electron chi connectivity index (χ4n) is 1.59. The highest BCUT2D eigenvalue weighted by Crippen LogP contribution is 2.35. The van der Waals surface area contributed by atoms with Crippen molar-refractivity contribution >= 4 is 33.2 Å². The topological polar surface area (TPSA) is 48.4 Å². The average Bonchev–Trinajstić information content (AvgIpc) is 2.80. The Morgan fingerprint density at radius 3 is 2.74 bits per heavy atom. The van der Waals surface area contributed by atoms with Crippen molar-refractivity contribution in [1.82, 2.24) is 4.98 Å². The van der Waals surface area contributed by atoms with Gasteiger partial charge in [-0.3, -0.25) is 0 Å². The number of rotatable bonds is 3. The molecule has 0 amide bonds. The van der Waals surface area contributed by atoms with Crippen molar-refractivity contribution in [3.05, 3.63) is 33.2 Å². The summed E-state index contributed by atoms with van der Waals surface area (Å²) in [5, 5.41) is 0.753. The first-order valence-corrected chi connectivity index (χ1v) is 7.07. The van der Waals surface area contributed by atoms with Gasteiger partial charge in [0, 0.05) is 10.0 Å². The van der Waals surface area contributed by atoms with E-state index in [1.165, 1.54) is 18.4 Å². The van der Waals surface area contributed by atoms with Crippen LogP contribution in [-0.2, 0) is 4.74 Å². The molecule has 1 aromatic heterocycles.